The van der Waals surface area contributed by atoms with Gasteiger partial charge in [-0.25, -0.2) is 0 Å². The van der Waals surface area contributed by atoms with Gasteiger partial charge in [0.15, 0.2) is 0 Å². The molecule has 6 rings (SSSR count). The zero-order chi connectivity index (χ0) is 23.8. The van der Waals surface area contributed by atoms with E-state index in [9.17, 15) is 0 Å². The second kappa shape index (κ2) is 7.47. The summed E-state index contributed by atoms with van der Waals surface area (Å²) in [5.41, 5.74) is 5.95. The first-order valence-corrected chi connectivity index (χ1v) is 14.3. The van der Waals surface area contributed by atoms with Crippen molar-refractivity contribution in [3.05, 3.63) is 90.0 Å². The van der Waals surface area contributed by atoms with Crippen LogP contribution in [0.3, 0.4) is 0 Å². The summed E-state index contributed by atoms with van der Waals surface area (Å²) in [6.07, 6.45) is 0. The number of thiophene rings is 1. The smallest absolute Gasteiger partial charge is 0.0403 e. The predicted octanol–water partition coefficient (Wildman–Crippen LogP) is 10.1. The molecule has 1 aromatic heterocycles. The predicted molar refractivity (Wildman–Crippen MR) is 152 cm³/mol. The van der Waals surface area contributed by atoms with Gasteiger partial charge in [-0.05, 0) is 57.3 Å². The van der Waals surface area contributed by atoms with Gasteiger partial charge < -0.3 is 0 Å². The quantitative estimate of drug-likeness (QED) is 0.222. The van der Waals surface area contributed by atoms with E-state index in [-0.39, 0.29) is 10.8 Å². The summed E-state index contributed by atoms with van der Waals surface area (Å²) in [5, 5.41) is 2.88. The Morgan fingerprint density at radius 3 is 2.09 bits per heavy atom. The van der Waals surface area contributed by atoms with Gasteiger partial charge in [0.1, 0.15) is 0 Å². The first-order chi connectivity index (χ1) is 16.1. The molecule has 1 aliphatic heterocycles. The minimum atomic E-state index is -0.624. The van der Waals surface area contributed by atoms with Crippen LogP contribution in [0.4, 0.5) is 0 Å². The highest BCUT2D eigenvalue weighted by Gasteiger charge is 2.31. The summed E-state index contributed by atoms with van der Waals surface area (Å²) in [4.78, 5) is 4.52. The molecule has 0 amide bonds. The Bertz CT molecular complexity index is 1570. The maximum absolute atomic E-state index is 2.51. The summed E-state index contributed by atoms with van der Waals surface area (Å²) >= 11 is 1.97. The summed E-state index contributed by atoms with van der Waals surface area (Å²) in [7, 11) is -0.624. The molecule has 0 spiro atoms. The number of rotatable bonds is 1. The van der Waals surface area contributed by atoms with Crippen molar-refractivity contribution in [3.63, 3.8) is 0 Å². The Morgan fingerprint density at radius 1 is 0.618 bits per heavy atom. The molecule has 0 fully saturated rings. The van der Waals surface area contributed by atoms with Crippen LogP contribution in [0.1, 0.15) is 52.7 Å². The number of hydrogen-bond acceptors (Lipinski definition) is 1. The van der Waals surface area contributed by atoms with Crippen LogP contribution >= 0.6 is 22.2 Å². The van der Waals surface area contributed by atoms with E-state index in [0.717, 1.165) is 0 Å². The third-order valence-electron chi connectivity index (χ3n) is 7.09. The summed E-state index contributed by atoms with van der Waals surface area (Å²) < 4.78 is 2.85. The van der Waals surface area contributed by atoms with Crippen LogP contribution in [0, 0.1) is 0 Å². The lowest BCUT2D eigenvalue weighted by Crippen LogP contribution is -2.11. The Kier molecular flexibility index (Phi) is 4.82. The monoisotopic (exact) mass is 480 g/mol. The van der Waals surface area contributed by atoms with Crippen LogP contribution in [0.5, 0.6) is 0 Å². The number of fused-ring (bicyclic) bond motifs is 6. The van der Waals surface area contributed by atoms with E-state index in [1.807, 2.05) is 11.3 Å². The van der Waals surface area contributed by atoms with Gasteiger partial charge in [-0.1, -0.05) is 96.1 Å². The molecule has 2 heteroatoms. The van der Waals surface area contributed by atoms with E-state index in [1.54, 1.807) is 0 Å². The van der Waals surface area contributed by atoms with E-state index in [1.165, 1.54) is 57.1 Å². The molecule has 5 aromatic rings. The van der Waals surface area contributed by atoms with Crippen LogP contribution in [-0.2, 0) is 10.8 Å². The van der Waals surface area contributed by atoms with Gasteiger partial charge in [-0.2, -0.15) is 10.9 Å². The van der Waals surface area contributed by atoms with Crippen LogP contribution < -0.4 is 0 Å². The van der Waals surface area contributed by atoms with Crippen LogP contribution in [-0.4, -0.2) is 0 Å². The van der Waals surface area contributed by atoms with Crippen molar-refractivity contribution in [2.45, 2.75) is 67.1 Å². The molecule has 1 aliphatic rings. The van der Waals surface area contributed by atoms with Gasteiger partial charge in [0.05, 0.1) is 0 Å². The highest BCUT2D eigenvalue weighted by atomic mass is 32.2. The molecule has 4 aromatic carbocycles. The summed E-state index contributed by atoms with van der Waals surface area (Å²) in [5.74, 6) is 0. The van der Waals surface area contributed by atoms with Crippen molar-refractivity contribution in [3.8, 4) is 11.1 Å². The molecule has 172 valence electrons. The van der Waals surface area contributed by atoms with Gasteiger partial charge in [-0.15, -0.1) is 11.3 Å². The third kappa shape index (κ3) is 3.26. The van der Waals surface area contributed by atoms with Gasteiger partial charge in [0.25, 0.3) is 0 Å². The topological polar surface area (TPSA) is 0 Å². The first kappa shape index (κ1) is 21.9. The highest BCUT2D eigenvalue weighted by Crippen LogP contribution is 2.65. The third-order valence-corrected chi connectivity index (χ3v) is 10.9. The lowest BCUT2D eigenvalue weighted by molar-refractivity contribution is 0.589. The molecule has 0 radical (unpaired) electrons. The zero-order valence-corrected chi connectivity index (χ0v) is 22.6. The maximum atomic E-state index is 2.51. The molecule has 0 bridgehead atoms. The Labute approximate surface area is 210 Å². The van der Waals surface area contributed by atoms with Gasteiger partial charge >= 0.3 is 0 Å². The summed E-state index contributed by atoms with van der Waals surface area (Å²) in [6.45, 7) is 14.0. The van der Waals surface area contributed by atoms with E-state index in [4.69, 9.17) is 0 Å². The van der Waals surface area contributed by atoms with Crippen molar-refractivity contribution in [2.75, 3.05) is 0 Å². The minimum Gasteiger partial charge on any atom is -0.171 e. The van der Waals surface area contributed by atoms with Gasteiger partial charge in [0, 0.05) is 34.9 Å². The molecule has 1 atom stereocenters. The molecule has 0 nitrogen and oxygen atoms in total. The van der Waals surface area contributed by atoms with E-state index < -0.39 is 10.9 Å². The van der Waals surface area contributed by atoms with Crippen molar-refractivity contribution in [1.29, 1.82) is 0 Å². The second-order valence-electron chi connectivity index (χ2n) is 11.5. The second-order valence-corrected chi connectivity index (χ2v) is 14.7. The average molecular weight is 481 g/mol. The van der Waals surface area contributed by atoms with Crippen LogP contribution in [0.15, 0.2) is 93.5 Å². The van der Waals surface area contributed by atoms with Crippen LogP contribution in [0.2, 0.25) is 0 Å². The fourth-order valence-electron chi connectivity index (χ4n) is 5.28. The lowest BCUT2D eigenvalue weighted by atomic mass is 9.86. The summed E-state index contributed by atoms with van der Waals surface area (Å²) in [6, 6.07) is 30.2. The molecule has 0 saturated carbocycles. The molecule has 0 saturated heterocycles. The molecule has 1 unspecified atom stereocenters. The number of thiol groups is 1. The Morgan fingerprint density at radius 2 is 1.32 bits per heavy atom. The fraction of sp³-hybridized carbons (Fsp3) is 0.250. The maximum Gasteiger partial charge on any atom is 0.0403 e. The van der Waals surface area contributed by atoms with Crippen molar-refractivity contribution in [1.82, 2.24) is 0 Å². The first-order valence-electron chi connectivity index (χ1n) is 12.1. The van der Waals surface area contributed by atoms with Gasteiger partial charge in [0.2, 0.25) is 0 Å². The SMILES string of the molecule is CC(C)(C)c1ccc2c(c1)[SH](c1ccc(C(C)(C)C)c3sc4ccccc4c13)c1ccccc1-2. The Balaban J connectivity index is 1.72. The standard InChI is InChI=1S/C32H32S2/c1-31(2,3)20-15-16-22-21-11-8-10-14-26(21)34(28(22)19-20)27-18-17-24(32(4,5)6)30-29(27)23-12-7-9-13-25(23)33-30/h7-19,34H,1-6H3. The van der Waals surface area contributed by atoms with E-state index in [2.05, 4.69) is 120 Å². The average Bonchev–Trinajstić information content (AvgIpc) is 3.33. The molecule has 0 N–H and O–H groups in total. The lowest BCUT2D eigenvalue weighted by Gasteiger charge is -2.26. The van der Waals surface area contributed by atoms with Crippen molar-refractivity contribution >= 4 is 42.4 Å². The van der Waals surface area contributed by atoms with Gasteiger partial charge in [-0.3, -0.25) is 0 Å². The normalized spacial score (nSPS) is 16.7. The van der Waals surface area contributed by atoms with Crippen LogP contribution in [0.25, 0.3) is 31.3 Å². The Hall–Kier alpha value is -2.55. The molecule has 2 heterocycles. The molecular formula is C32H32S2. The van der Waals surface area contributed by atoms with E-state index in [0.29, 0.717) is 0 Å². The molecule has 0 aliphatic carbocycles. The fourth-order valence-corrected chi connectivity index (χ4v) is 9.65. The van der Waals surface area contributed by atoms with Crippen molar-refractivity contribution < 1.29 is 0 Å². The van der Waals surface area contributed by atoms with E-state index >= 15 is 0 Å². The van der Waals surface area contributed by atoms with Crippen molar-refractivity contribution in [2.24, 2.45) is 0 Å². The largest absolute Gasteiger partial charge is 0.171 e. The minimum absolute atomic E-state index is 0.107. The molecule has 34 heavy (non-hydrogen) atoms. The highest BCUT2D eigenvalue weighted by molar-refractivity contribution is 8.17. The number of hydrogen-bond donors (Lipinski definition) is 1. The number of benzene rings is 4. The zero-order valence-electron chi connectivity index (χ0n) is 20.9. The molecular weight excluding hydrogens is 448 g/mol.